The van der Waals surface area contributed by atoms with Crippen LogP contribution in [0.5, 0.6) is 0 Å². The van der Waals surface area contributed by atoms with Crippen molar-refractivity contribution in [3.8, 4) is 0 Å². The molecule has 0 aromatic rings. The van der Waals surface area contributed by atoms with Crippen molar-refractivity contribution in [2.24, 2.45) is 11.0 Å². The molecule has 1 aliphatic rings. The Hall–Kier alpha value is -2.28. The lowest BCUT2D eigenvalue weighted by atomic mass is 10.1. The quantitative estimate of drug-likeness (QED) is 0.342. The molecule has 0 aliphatic carbocycles. The van der Waals surface area contributed by atoms with Gasteiger partial charge in [0, 0.05) is 24.4 Å². The second-order valence-electron chi connectivity index (χ2n) is 6.18. The van der Waals surface area contributed by atoms with E-state index in [-0.39, 0.29) is 31.3 Å². The smallest absolute Gasteiger partial charge is 0.329 e. The SMILES string of the molecule is CC(C)(C)OC(=O)[C@H](CC(=O)O)N1CC(CN=[N+]=[N-])CC1=O. The summed E-state index contributed by atoms with van der Waals surface area (Å²) in [6, 6.07) is -1.17. The number of amides is 1. The van der Waals surface area contributed by atoms with Gasteiger partial charge in [0.15, 0.2) is 0 Å². The van der Waals surface area contributed by atoms with Crippen LogP contribution in [0.1, 0.15) is 33.6 Å². The molecule has 1 saturated heterocycles. The monoisotopic (exact) mass is 312 g/mol. The van der Waals surface area contributed by atoms with E-state index in [1.54, 1.807) is 20.8 Å². The van der Waals surface area contributed by atoms with Crippen molar-refractivity contribution in [2.45, 2.75) is 45.3 Å². The van der Waals surface area contributed by atoms with Gasteiger partial charge < -0.3 is 14.7 Å². The Morgan fingerprint density at radius 1 is 1.55 bits per heavy atom. The number of azide groups is 1. The summed E-state index contributed by atoms with van der Waals surface area (Å²) in [6.45, 7) is 5.30. The first kappa shape index (κ1) is 17.8. The van der Waals surface area contributed by atoms with Crippen molar-refractivity contribution in [3.05, 3.63) is 10.4 Å². The lowest BCUT2D eigenvalue weighted by Crippen LogP contribution is -2.46. The Morgan fingerprint density at radius 3 is 2.68 bits per heavy atom. The minimum atomic E-state index is -1.19. The Labute approximate surface area is 127 Å². The summed E-state index contributed by atoms with van der Waals surface area (Å²) in [6.07, 6.45) is -0.396. The number of hydrogen-bond donors (Lipinski definition) is 1. The van der Waals surface area contributed by atoms with Crippen molar-refractivity contribution in [1.29, 1.82) is 0 Å². The van der Waals surface area contributed by atoms with E-state index in [1.165, 1.54) is 4.90 Å². The van der Waals surface area contributed by atoms with E-state index >= 15 is 0 Å². The van der Waals surface area contributed by atoms with Gasteiger partial charge in [0.1, 0.15) is 11.6 Å². The summed E-state index contributed by atoms with van der Waals surface area (Å²) in [5.74, 6) is -2.49. The molecule has 0 aromatic carbocycles. The highest BCUT2D eigenvalue weighted by Gasteiger charge is 2.40. The minimum Gasteiger partial charge on any atom is -0.481 e. The first-order valence-corrected chi connectivity index (χ1v) is 6.89. The van der Waals surface area contributed by atoms with Gasteiger partial charge in [0.2, 0.25) is 5.91 Å². The fourth-order valence-electron chi connectivity index (χ4n) is 2.24. The average molecular weight is 312 g/mol. The van der Waals surface area contributed by atoms with E-state index in [2.05, 4.69) is 10.0 Å². The van der Waals surface area contributed by atoms with Crippen LogP contribution >= 0.6 is 0 Å². The number of nitrogens with zero attached hydrogens (tertiary/aromatic N) is 4. The molecule has 1 unspecified atom stereocenters. The van der Waals surface area contributed by atoms with Gasteiger partial charge in [0.25, 0.3) is 0 Å². The van der Waals surface area contributed by atoms with Crippen LogP contribution in [-0.4, -0.2) is 52.6 Å². The van der Waals surface area contributed by atoms with Crippen molar-refractivity contribution < 1.29 is 24.2 Å². The van der Waals surface area contributed by atoms with Crippen molar-refractivity contribution in [1.82, 2.24) is 4.90 Å². The summed E-state index contributed by atoms with van der Waals surface area (Å²) in [5, 5.41) is 12.4. The topological polar surface area (TPSA) is 133 Å². The van der Waals surface area contributed by atoms with Gasteiger partial charge >= 0.3 is 11.9 Å². The first-order chi connectivity index (χ1) is 10.1. The maximum Gasteiger partial charge on any atom is 0.329 e. The molecule has 0 aromatic heterocycles. The fraction of sp³-hybridized carbons (Fsp3) is 0.769. The fourth-order valence-corrected chi connectivity index (χ4v) is 2.24. The number of rotatable bonds is 6. The summed E-state index contributed by atoms with van der Waals surface area (Å²) >= 11 is 0. The van der Waals surface area contributed by atoms with E-state index in [0.717, 1.165) is 0 Å². The van der Waals surface area contributed by atoms with E-state index in [9.17, 15) is 14.4 Å². The summed E-state index contributed by atoms with van der Waals surface area (Å²) < 4.78 is 5.20. The molecule has 0 spiro atoms. The van der Waals surface area contributed by atoms with Gasteiger partial charge in [-0.1, -0.05) is 5.11 Å². The van der Waals surface area contributed by atoms with E-state index in [4.69, 9.17) is 15.4 Å². The maximum atomic E-state index is 12.2. The zero-order chi connectivity index (χ0) is 16.9. The summed E-state index contributed by atoms with van der Waals surface area (Å²) in [7, 11) is 0. The van der Waals surface area contributed by atoms with E-state index in [0.29, 0.717) is 0 Å². The molecule has 1 N–H and O–H groups in total. The normalized spacial score (nSPS) is 19.5. The zero-order valence-electron chi connectivity index (χ0n) is 12.9. The Bertz CT molecular complexity index is 507. The van der Waals surface area contributed by atoms with Crippen molar-refractivity contribution in [3.63, 3.8) is 0 Å². The minimum absolute atomic E-state index is 0.123. The first-order valence-electron chi connectivity index (χ1n) is 6.89. The van der Waals surface area contributed by atoms with E-state index < -0.39 is 30.0 Å². The number of hydrogen-bond acceptors (Lipinski definition) is 5. The van der Waals surface area contributed by atoms with Crippen LogP contribution in [0.15, 0.2) is 5.11 Å². The highest BCUT2D eigenvalue weighted by Crippen LogP contribution is 2.24. The molecule has 9 nitrogen and oxygen atoms in total. The number of ether oxygens (including phenoxy) is 1. The molecule has 1 amide bonds. The highest BCUT2D eigenvalue weighted by molar-refractivity contribution is 5.89. The molecule has 1 aliphatic heterocycles. The number of esters is 1. The lowest BCUT2D eigenvalue weighted by Gasteiger charge is -2.29. The summed E-state index contributed by atoms with van der Waals surface area (Å²) in [5.41, 5.74) is 7.53. The van der Waals surface area contributed by atoms with Crippen LogP contribution in [0.3, 0.4) is 0 Å². The highest BCUT2D eigenvalue weighted by atomic mass is 16.6. The molecule has 122 valence electrons. The predicted octanol–water partition coefficient (Wildman–Crippen LogP) is 1.33. The average Bonchev–Trinajstić information content (AvgIpc) is 2.72. The number of carbonyl (C=O) groups excluding carboxylic acids is 2. The molecule has 1 rings (SSSR count). The Morgan fingerprint density at radius 2 is 2.18 bits per heavy atom. The lowest BCUT2D eigenvalue weighted by molar-refractivity contribution is -0.166. The van der Waals surface area contributed by atoms with Crippen molar-refractivity contribution >= 4 is 17.8 Å². The van der Waals surface area contributed by atoms with Crippen LogP contribution in [0.25, 0.3) is 10.4 Å². The Balaban J connectivity index is 2.87. The molecule has 0 saturated carbocycles. The Kier molecular flexibility index (Phi) is 5.76. The third kappa shape index (κ3) is 5.25. The van der Waals surface area contributed by atoms with Crippen LogP contribution in [0, 0.1) is 5.92 Å². The molecule has 22 heavy (non-hydrogen) atoms. The number of carboxylic acid groups (broad SMARTS) is 1. The summed E-state index contributed by atoms with van der Waals surface area (Å²) in [4.78, 5) is 39.0. The maximum absolute atomic E-state index is 12.2. The molecule has 2 atom stereocenters. The second-order valence-corrected chi connectivity index (χ2v) is 6.18. The third-order valence-corrected chi connectivity index (χ3v) is 3.06. The standard InChI is InChI=1S/C13H20N4O5/c1-13(2,3)22-12(21)9(5-11(19)20)17-7-8(4-10(17)18)6-15-16-14/h8-9H,4-7H2,1-3H3,(H,19,20)/t8?,9-/m0/s1. The van der Waals surface area contributed by atoms with Gasteiger partial charge in [-0.3, -0.25) is 9.59 Å². The van der Waals surface area contributed by atoms with Crippen LogP contribution in [0.4, 0.5) is 0 Å². The third-order valence-electron chi connectivity index (χ3n) is 3.06. The number of carboxylic acids is 1. The van der Waals surface area contributed by atoms with Crippen molar-refractivity contribution in [2.75, 3.05) is 13.1 Å². The second kappa shape index (κ2) is 7.13. The largest absolute Gasteiger partial charge is 0.481 e. The zero-order valence-corrected chi connectivity index (χ0v) is 12.9. The van der Waals surface area contributed by atoms with E-state index in [1.807, 2.05) is 0 Å². The number of likely N-dealkylation sites (tertiary alicyclic amines) is 1. The van der Waals surface area contributed by atoms with Crippen LogP contribution in [0.2, 0.25) is 0 Å². The van der Waals surface area contributed by atoms with Gasteiger partial charge in [0.05, 0.1) is 6.42 Å². The number of carbonyl (C=O) groups is 3. The van der Waals surface area contributed by atoms with Gasteiger partial charge in [-0.25, -0.2) is 4.79 Å². The molecular weight excluding hydrogens is 292 g/mol. The van der Waals surface area contributed by atoms with Crippen LogP contribution in [-0.2, 0) is 19.1 Å². The van der Waals surface area contributed by atoms with Gasteiger partial charge in [-0.2, -0.15) is 0 Å². The predicted molar refractivity (Wildman–Crippen MR) is 75.7 cm³/mol. The van der Waals surface area contributed by atoms with Crippen LogP contribution < -0.4 is 0 Å². The van der Waals surface area contributed by atoms with Gasteiger partial charge in [-0.05, 0) is 32.2 Å². The molecule has 1 fully saturated rings. The number of aliphatic carboxylic acids is 1. The molecular formula is C13H20N4O5. The molecule has 1 heterocycles. The molecule has 0 bridgehead atoms. The molecule has 9 heteroatoms. The van der Waals surface area contributed by atoms with Gasteiger partial charge in [-0.15, -0.1) is 0 Å². The molecule has 0 radical (unpaired) electrons.